The summed E-state index contributed by atoms with van der Waals surface area (Å²) in [5, 5.41) is 2.31. The zero-order valence-corrected chi connectivity index (χ0v) is 15.9. The predicted molar refractivity (Wildman–Crippen MR) is 104 cm³/mol. The smallest absolute Gasteiger partial charge is 0.253 e. The van der Waals surface area contributed by atoms with Crippen LogP contribution in [0.25, 0.3) is 10.8 Å². The Morgan fingerprint density at radius 2 is 1.85 bits per heavy atom. The van der Waals surface area contributed by atoms with Crippen LogP contribution in [0.15, 0.2) is 42.5 Å². The average Bonchev–Trinajstić information content (AvgIpc) is 3.10. The zero-order valence-electron chi connectivity index (χ0n) is 15.9. The SMILES string of the molecule is CC(COCC1C2CN(C(=O)c3ccc4ccccc4c3)CC12)N(C)C. The second-order valence-corrected chi connectivity index (χ2v) is 8.11. The highest BCUT2D eigenvalue weighted by Crippen LogP contribution is 2.52. The van der Waals surface area contributed by atoms with E-state index in [-0.39, 0.29) is 5.91 Å². The summed E-state index contributed by atoms with van der Waals surface area (Å²) in [6.07, 6.45) is 0. The van der Waals surface area contributed by atoms with Gasteiger partial charge >= 0.3 is 0 Å². The van der Waals surface area contributed by atoms with E-state index in [1.165, 1.54) is 5.39 Å². The van der Waals surface area contributed by atoms with Gasteiger partial charge in [-0.1, -0.05) is 30.3 Å². The Balaban J connectivity index is 1.30. The number of amides is 1. The molecule has 2 aromatic rings. The monoisotopic (exact) mass is 352 g/mol. The van der Waals surface area contributed by atoms with Crippen molar-refractivity contribution in [3.8, 4) is 0 Å². The number of nitrogens with zero attached hydrogens (tertiary/aromatic N) is 2. The number of fused-ring (bicyclic) bond motifs is 2. The van der Waals surface area contributed by atoms with Crippen LogP contribution in [0.4, 0.5) is 0 Å². The Labute approximate surface area is 155 Å². The normalized spacial score (nSPS) is 25.5. The van der Waals surface area contributed by atoms with E-state index in [1.54, 1.807) is 0 Å². The molecule has 1 aliphatic heterocycles. The minimum absolute atomic E-state index is 0.170. The van der Waals surface area contributed by atoms with E-state index in [1.807, 2.05) is 35.2 Å². The van der Waals surface area contributed by atoms with Gasteiger partial charge in [0, 0.05) is 24.7 Å². The molecule has 1 saturated heterocycles. The van der Waals surface area contributed by atoms with Crippen LogP contribution in [0.1, 0.15) is 17.3 Å². The van der Waals surface area contributed by atoms with Crippen LogP contribution < -0.4 is 0 Å². The van der Waals surface area contributed by atoms with Crippen LogP contribution in [0.2, 0.25) is 0 Å². The number of piperidine rings is 1. The Morgan fingerprint density at radius 3 is 2.54 bits per heavy atom. The Morgan fingerprint density at radius 1 is 1.15 bits per heavy atom. The summed E-state index contributed by atoms with van der Waals surface area (Å²) in [4.78, 5) is 17.0. The van der Waals surface area contributed by atoms with Crippen molar-refractivity contribution in [1.29, 1.82) is 0 Å². The van der Waals surface area contributed by atoms with E-state index in [4.69, 9.17) is 4.74 Å². The molecule has 3 atom stereocenters. The molecule has 138 valence electrons. The number of carbonyl (C=O) groups excluding carboxylic acids is 1. The third kappa shape index (κ3) is 3.36. The maximum Gasteiger partial charge on any atom is 0.253 e. The molecule has 1 saturated carbocycles. The van der Waals surface area contributed by atoms with Crippen molar-refractivity contribution in [3.63, 3.8) is 0 Å². The summed E-state index contributed by atoms with van der Waals surface area (Å²) < 4.78 is 5.90. The summed E-state index contributed by atoms with van der Waals surface area (Å²) in [5.74, 6) is 2.08. The van der Waals surface area contributed by atoms with Crippen LogP contribution in [-0.4, -0.2) is 62.1 Å². The van der Waals surface area contributed by atoms with Crippen molar-refractivity contribution in [2.75, 3.05) is 40.4 Å². The maximum absolute atomic E-state index is 12.8. The van der Waals surface area contributed by atoms with Crippen LogP contribution >= 0.6 is 0 Å². The summed E-state index contributed by atoms with van der Waals surface area (Å²) in [6, 6.07) is 14.7. The van der Waals surface area contributed by atoms with Gasteiger partial charge in [0.05, 0.1) is 13.2 Å². The molecule has 2 fully saturated rings. The van der Waals surface area contributed by atoms with Gasteiger partial charge in [0.25, 0.3) is 5.91 Å². The average molecular weight is 352 g/mol. The molecule has 1 amide bonds. The first-order chi connectivity index (χ1) is 12.5. The highest BCUT2D eigenvalue weighted by molar-refractivity contribution is 5.98. The standard InChI is InChI=1S/C22H28N2O2/c1-15(23(2)3)13-26-14-21-19-11-24(12-20(19)21)22(25)18-9-8-16-6-4-5-7-17(16)10-18/h4-10,15,19-21H,11-14H2,1-3H3. The largest absolute Gasteiger partial charge is 0.380 e. The van der Waals surface area contributed by atoms with Gasteiger partial charge in [-0.2, -0.15) is 0 Å². The Bertz CT molecular complexity index is 792. The first-order valence-corrected chi connectivity index (χ1v) is 9.57. The highest BCUT2D eigenvalue weighted by atomic mass is 16.5. The van der Waals surface area contributed by atoms with E-state index in [9.17, 15) is 4.79 Å². The van der Waals surface area contributed by atoms with Crippen molar-refractivity contribution in [3.05, 3.63) is 48.0 Å². The first-order valence-electron chi connectivity index (χ1n) is 9.57. The number of hydrogen-bond acceptors (Lipinski definition) is 3. The number of ether oxygens (including phenoxy) is 1. The molecular formula is C22H28N2O2. The van der Waals surface area contributed by atoms with Gasteiger partial charge in [0.15, 0.2) is 0 Å². The van der Waals surface area contributed by atoms with Crippen molar-refractivity contribution < 1.29 is 9.53 Å². The molecular weight excluding hydrogens is 324 g/mol. The van der Waals surface area contributed by atoms with Gasteiger partial charge in [-0.25, -0.2) is 0 Å². The molecule has 4 rings (SSSR count). The van der Waals surface area contributed by atoms with Gasteiger partial charge in [-0.05, 0) is 61.7 Å². The first kappa shape index (κ1) is 17.5. The number of carbonyl (C=O) groups is 1. The van der Waals surface area contributed by atoms with E-state index in [0.29, 0.717) is 23.8 Å². The Hall–Kier alpha value is -1.91. The van der Waals surface area contributed by atoms with Crippen LogP contribution in [-0.2, 0) is 4.74 Å². The molecule has 1 aliphatic carbocycles. The van der Waals surface area contributed by atoms with E-state index < -0.39 is 0 Å². The fraction of sp³-hybridized carbons (Fsp3) is 0.500. The van der Waals surface area contributed by atoms with Crippen molar-refractivity contribution >= 4 is 16.7 Å². The lowest BCUT2D eigenvalue weighted by molar-refractivity contribution is 0.0638. The zero-order chi connectivity index (χ0) is 18.3. The highest BCUT2D eigenvalue weighted by Gasteiger charge is 2.56. The van der Waals surface area contributed by atoms with Crippen LogP contribution in [0.3, 0.4) is 0 Å². The molecule has 26 heavy (non-hydrogen) atoms. The number of likely N-dealkylation sites (N-methyl/N-ethyl adjacent to an activating group) is 1. The minimum atomic E-state index is 0.170. The third-order valence-electron chi connectivity index (χ3n) is 6.21. The van der Waals surface area contributed by atoms with E-state index >= 15 is 0 Å². The number of hydrogen-bond donors (Lipinski definition) is 0. The van der Waals surface area contributed by atoms with Crippen molar-refractivity contribution in [2.45, 2.75) is 13.0 Å². The summed E-state index contributed by atoms with van der Waals surface area (Å²) in [7, 11) is 4.16. The number of likely N-dealkylation sites (tertiary alicyclic amines) is 1. The Kier molecular flexibility index (Phi) is 4.72. The van der Waals surface area contributed by atoms with Gasteiger partial charge < -0.3 is 14.5 Å². The molecule has 4 heteroatoms. The van der Waals surface area contributed by atoms with Crippen LogP contribution in [0.5, 0.6) is 0 Å². The lowest BCUT2D eigenvalue weighted by Crippen LogP contribution is -2.33. The van der Waals surface area contributed by atoms with Gasteiger partial charge in [-0.15, -0.1) is 0 Å². The summed E-state index contributed by atoms with van der Waals surface area (Å²) >= 11 is 0. The molecule has 0 N–H and O–H groups in total. The lowest BCUT2D eigenvalue weighted by atomic mass is 10.1. The van der Waals surface area contributed by atoms with E-state index in [0.717, 1.165) is 37.3 Å². The van der Waals surface area contributed by atoms with Gasteiger partial charge in [0.1, 0.15) is 0 Å². The van der Waals surface area contributed by atoms with Crippen LogP contribution in [0, 0.1) is 17.8 Å². The molecule has 2 aromatic carbocycles. The lowest BCUT2D eigenvalue weighted by Gasteiger charge is -2.22. The summed E-state index contributed by atoms with van der Waals surface area (Å²) in [5.41, 5.74) is 0.803. The molecule has 2 aliphatic rings. The maximum atomic E-state index is 12.8. The predicted octanol–water partition coefficient (Wildman–Crippen LogP) is 3.12. The van der Waals surface area contributed by atoms with E-state index in [2.05, 4.69) is 38.1 Å². The number of rotatable bonds is 6. The molecule has 3 unspecified atom stereocenters. The second-order valence-electron chi connectivity index (χ2n) is 8.11. The molecule has 0 spiro atoms. The molecule has 0 bridgehead atoms. The van der Waals surface area contributed by atoms with Gasteiger partial charge in [-0.3, -0.25) is 4.79 Å². The number of benzene rings is 2. The fourth-order valence-corrected chi connectivity index (χ4v) is 4.09. The van der Waals surface area contributed by atoms with Crippen molar-refractivity contribution in [2.24, 2.45) is 17.8 Å². The molecule has 4 nitrogen and oxygen atoms in total. The molecule has 0 aromatic heterocycles. The minimum Gasteiger partial charge on any atom is -0.380 e. The van der Waals surface area contributed by atoms with Gasteiger partial charge in [0.2, 0.25) is 0 Å². The quantitative estimate of drug-likeness (QED) is 0.801. The topological polar surface area (TPSA) is 32.8 Å². The molecule has 1 heterocycles. The summed E-state index contributed by atoms with van der Waals surface area (Å²) in [6.45, 7) is 5.56. The second kappa shape index (κ2) is 7.01. The molecule has 0 radical (unpaired) electrons. The van der Waals surface area contributed by atoms with Crippen molar-refractivity contribution in [1.82, 2.24) is 9.80 Å². The fourth-order valence-electron chi connectivity index (χ4n) is 4.09. The third-order valence-corrected chi connectivity index (χ3v) is 6.21.